The quantitative estimate of drug-likeness (QED) is 0.236. The molecular formula is C19H39NaO4S. The molecule has 0 fully saturated rings. The van der Waals surface area contributed by atoms with Crippen LogP contribution in [-0.4, -0.2) is 29.4 Å². The van der Waals surface area contributed by atoms with E-state index in [9.17, 15) is 18.1 Å². The number of aliphatic hydroxyl groups is 1. The molecule has 0 radical (unpaired) electrons. The van der Waals surface area contributed by atoms with Gasteiger partial charge in [-0.25, -0.2) is 8.42 Å². The summed E-state index contributed by atoms with van der Waals surface area (Å²) in [6.45, 7) is 4.16. The molecule has 146 valence electrons. The SMILES string of the molecule is CCCCCCCCCC(CCCCCCC(O)CC)S(=O)(=O)[O-].[Na+]. The first-order chi connectivity index (χ1) is 11.4. The Morgan fingerprint density at radius 1 is 0.760 bits per heavy atom. The van der Waals surface area contributed by atoms with Crippen LogP contribution in [0.4, 0.5) is 0 Å². The second-order valence-electron chi connectivity index (χ2n) is 7.08. The summed E-state index contributed by atoms with van der Waals surface area (Å²) in [5.41, 5.74) is 0. The van der Waals surface area contributed by atoms with E-state index < -0.39 is 15.4 Å². The molecule has 0 aliphatic rings. The number of hydrogen-bond donors (Lipinski definition) is 1. The summed E-state index contributed by atoms with van der Waals surface area (Å²) in [6.07, 6.45) is 14.1. The molecule has 0 saturated heterocycles. The van der Waals surface area contributed by atoms with Crippen LogP contribution in [0.15, 0.2) is 0 Å². The monoisotopic (exact) mass is 386 g/mol. The molecular weight excluding hydrogens is 347 g/mol. The van der Waals surface area contributed by atoms with Gasteiger partial charge in [0.05, 0.1) is 16.2 Å². The molecule has 0 aliphatic carbocycles. The Morgan fingerprint density at radius 3 is 1.56 bits per heavy atom. The van der Waals surface area contributed by atoms with Crippen LogP contribution in [0.3, 0.4) is 0 Å². The van der Waals surface area contributed by atoms with E-state index in [1.807, 2.05) is 6.92 Å². The maximum atomic E-state index is 11.4. The maximum absolute atomic E-state index is 11.4. The molecule has 2 atom stereocenters. The van der Waals surface area contributed by atoms with E-state index in [0.29, 0.717) is 12.8 Å². The third kappa shape index (κ3) is 18.0. The summed E-state index contributed by atoms with van der Waals surface area (Å²) in [5.74, 6) is 0. The second-order valence-corrected chi connectivity index (χ2v) is 8.73. The molecule has 0 spiro atoms. The van der Waals surface area contributed by atoms with Crippen molar-refractivity contribution in [1.82, 2.24) is 0 Å². The molecule has 0 rings (SSSR count). The van der Waals surface area contributed by atoms with Crippen LogP contribution in [0.5, 0.6) is 0 Å². The molecule has 0 heterocycles. The van der Waals surface area contributed by atoms with Gasteiger partial charge in [0.15, 0.2) is 0 Å². The molecule has 1 N–H and O–H groups in total. The van der Waals surface area contributed by atoms with Crippen LogP contribution in [-0.2, 0) is 10.1 Å². The normalized spacial score (nSPS) is 14.1. The molecule has 4 nitrogen and oxygen atoms in total. The summed E-state index contributed by atoms with van der Waals surface area (Å²) in [7, 11) is -4.17. The van der Waals surface area contributed by atoms with Gasteiger partial charge in [0.2, 0.25) is 0 Å². The molecule has 0 bridgehead atoms. The van der Waals surface area contributed by atoms with Crippen molar-refractivity contribution >= 4 is 10.1 Å². The minimum atomic E-state index is -4.17. The van der Waals surface area contributed by atoms with Gasteiger partial charge in [0, 0.05) is 5.25 Å². The van der Waals surface area contributed by atoms with Gasteiger partial charge in [0.1, 0.15) is 0 Å². The predicted molar refractivity (Wildman–Crippen MR) is 100 cm³/mol. The Labute approximate surface area is 178 Å². The van der Waals surface area contributed by atoms with E-state index in [1.165, 1.54) is 25.7 Å². The van der Waals surface area contributed by atoms with E-state index in [2.05, 4.69) is 6.92 Å². The van der Waals surface area contributed by atoms with E-state index in [0.717, 1.165) is 57.8 Å². The van der Waals surface area contributed by atoms with Gasteiger partial charge in [-0.3, -0.25) is 0 Å². The summed E-state index contributed by atoms with van der Waals surface area (Å²) in [5, 5.41) is 8.78. The summed E-state index contributed by atoms with van der Waals surface area (Å²) in [4.78, 5) is 0. The van der Waals surface area contributed by atoms with Gasteiger partial charge < -0.3 is 9.66 Å². The Morgan fingerprint density at radius 2 is 1.16 bits per heavy atom. The first kappa shape index (κ1) is 28.1. The maximum Gasteiger partial charge on any atom is 1.00 e. The van der Waals surface area contributed by atoms with Crippen LogP contribution >= 0.6 is 0 Å². The summed E-state index contributed by atoms with van der Waals surface area (Å²) >= 11 is 0. The zero-order chi connectivity index (χ0) is 18.3. The Hall–Kier alpha value is 0.870. The molecule has 0 aromatic carbocycles. The number of hydrogen-bond acceptors (Lipinski definition) is 4. The van der Waals surface area contributed by atoms with Crippen molar-refractivity contribution < 1.29 is 47.6 Å². The number of unbranched alkanes of at least 4 members (excludes halogenated alkanes) is 9. The molecule has 0 aromatic rings. The van der Waals surface area contributed by atoms with Crippen molar-refractivity contribution in [1.29, 1.82) is 0 Å². The van der Waals surface area contributed by atoms with Gasteiger partial charge in [0.25, 0.3) is 0 Å². The van der Waals surface area contributed by atoms with Crippen molar-refractivity contribution in [2.45, 2.75) is 122 Å². The molecule has 0 aromatic heterocycles. The van der Waals surface area contributed by atoms with Crippen LogP contribution in [0.25, 0.3) is 0 Å². The van der Waals surface area contributed by atoms with Crippen LogP contribution in [0, 0.1) is 0 Å². The van der Waals surface area contributed by atoms with Gasteiger partial charge in [-0.05, 0) is 25.7 Å². The van der Waals surface area contributed by atoms with Crippen molar-refractivity contribution in [3.8, 4) is 0 Å². The largest absolute Gasteiger partial charge is 1.00 e. The zero-order valence-corrected chi connectivity index (χ0v) is 19.7. The standard InChI is InChI=1S/C19H40O4S.Na/c1-3-5-6-7-8-9-13-16-19(24(21,22)23)17-14-11-10-12-15-18(20)4-2;/h18-20H,3-17H2,1-2H3,(H,21,22,23);/q;+1/p-1. The minimum absolute atomic E-state index is 0. The van der Waals surface area contributed by atoms with E-state index in [4.69, 9.17) is 0 Å². The molecule has 25 heavy (non-hydrogen) atoms. The Kier molecular flexibility index (Phi) is 20.5. The van der Waals surface area contributed by atoms with Crippen molar-refractivity contribution in [2.24, 2.45) is 0 Å². The van der Waals surface area contributed by atoms with Crippen molar-refractivity contribution in [2.75, 3.05) is 0 Å². The van der Waals surface area contributed by atoms with E-state index >= 15 is 0 Å². The van der Waals surface area contributed by atoms with Crippen molar-refractivity contribution in [3.63, 3.8) is 0 Å². The third-order valence-corrected chi connectivity index (χ3v) is 6.11. The molecule has 6 heteroatoms. The second kappa shape index (κ2) is 18.2. The van der Waals surface area contributed by atoms with Crippen LogP contribution in [0.2, 0.25) is 0 Å². The molecule has 0 aliphatic heterocycles. The average Bonchev–Trinajstić information content (AvgIpc) is 2.53. The van der Waals surface area contributed by atoms with Crippen LogP contribution in [0.1, 0.15) is 110 Å². The zero-order valence-electron chi connectivity index (χ0n) is 16.8. The average molecular weight is 387 g/mol. The predicted octanol–water partition coefficient (Wildman–Crippen LogP) is 2.16. The fourth-order valence-electron chi connectivity index (χ4n) is 3.07. The van der Waals surface area contributed by atoms with Gasteiger partial charge in [-0.15, -0.1) is 0 Å². The summed E-state index contributed by atoms with van der Waals surface area (Å²) < 4.78 is 34.2. The van der Waals surface area contributed by atoms with Gasteiger partial charge >= 0.3 is 29.6 Å². The molecule has 0 saturated carbocycles. The fraction of sp³-hybridized carbons (Fsp3) is 1.00. The smallest absolute Gasteiger partial charge is 0.748 e. The van der Waals surface area contributed by atoms with Crippen molar-refractivity contribution in [3.05, 3.63) is 0 Å². The minimum Gasteiger partial charge on any atom is -0.748 e. The van der Waals surface area contributed by atoms with E-state index in [-0.39, 0.29) is 35.7 Å². The molecule has 0 amide bonds. The fourth-order valence-corrected chi connectivity index (χ4v) is 3.98. The first-order valence-corrected chi connectivity index (χ1v) is 11.5. The number of rotatable bonds is 17. The van der Waals surface area contributed by atoms with Gasteiger partial charge in [-0.2, -0.15) is 0 Å². The topological polar surface area (TPSA) is 77.4 Å². The Balaban J connectivity index is 0. The summed E-state index contributed by atoms with van der Waals surface area (Å²) in [6, 6.07) is 0. The van der Waals surface area contributed by atoms with Crippen LogP contribution < -0.4 is 29.6 Å². The van der Waals surface area contributed by atoms with Gasteiger partial charge in [-0.1, -0.05) is 84.5 Å². The third-order valence-electron chi connectivity index (χ3n) is 4.82. The number of aliphatic hydroxyl groups excluding tert-OH is 1. The molecule has 2 unspecified atom stereocenters. The van der Waals surface area contributed by atoms with E-state index in [1.54, 1.807) is 0 Å². The first-order valence-electron chi connectivity index (χ1n) is 10.0. The Bertz CT molecular complexity index is 374.